The van der Waals surface area contributed by atoms with Crippen molar-refractivity contribution < 1.29 is 22.3 Å². The summed E-state index contributed by atoms with van der Waals surface area (Å²) in [7, 11) is -2.45. The standard InChI is InChI=1S/C18H19FN2O4S/c1-20(15-5-3-2-4-6-15)18(22)14-7-8-16(19)17(13-14)26(23,24)21-9-11-25-12-10-21/h2-8,13H,9-12H2,1H3. The molecule has 1 aliphatic rings. The normalized spacial score (nSPS) is 15.6. The molecule has 0 radical (unpaired) electrons. The van der Waals surface area contributed by atoms with Crippen molar-refractivity contribution in [2.24, 2.45) is 0 Å². The number of hydrogen-bond acceptors (Lipinski definition) is 4. The van der Waals surface area contributed by atoms with E-state index < -0.39 is 26.6 Å². The topological polar surface area (TPSA) is 66.9 Å². The minimum Gasteiger partial charge on any atom is -0.379 e. The van der Waals surface area contributed by atoms with Crippen molar-refractivity contribution in [3.05, 3.63) is 59.9 Å². The molecule has 138 valence electrons. The molecule has 0 unspecified atom stereocenters. The smallest absolute Gasteiger partial charge is 0.258 e. The second-order valence-corrected chi connectivity index (χ2v) is 7.77. The first-order valence-corrected chi connectivity index (χ1v) is 9.56. The van der Waals surface area contributed by atoms with Crippen molar-refractivity contribution in [2.75, 3.05) is 38.3 Å². The minimum atomic E-state index is -4.03. The van der Waals surface area contributed by atoms with Crippen LogP contribution in [0.4, 0.5) is 10.1 Å². The van der Waals surface area contributed by atoms with Crippen LogP contribution < -0.4 is 4.90 Å². The molecule has 1 aliphatic heterocycles. The fourth-order valence-corrected chi connectivity index (χ4v) is 4.22. The Kier molecular flexibility index (Phi) is 5.36. The van der Waals surface area contributed by atoms with E-state index in [1.807, 2.05) is 6.07 Å². The molecule has 1 saturated heterocycles. The Balaban J connectivity index is 1.93. The summed E-state index contributed by atoms with van der Waals surface area (Å²) in [5.74, 6) is -1.30. The molecule has 0 bridgehead atoms. The van der Waals surface area contributed by atoms with Crippen LogP contribution in [0.25, 0.3) is 0 Å². The van der Waals surface area contributed by atoms with Crippen LogP contribution in [0.5, 0.6) is 0 Å². The molecule has 0 saturated carbocycles. The maximum Gasteiger partial charge on any atom is 0.258 e. The van der Waals surface area contributed by atoms with Gasteiger partial charge >= 0.3 is 0 Å². The van der Waals surface area contributed by atoms with Crippen LogP contribution in [0.2, 0.25) is 0 Å². The van der Waals surface area contributed by atoms with E-state index in [9.17, 15) is 17.6 Å². The Morgan fingerprint density at radius 3 is 2.42 bits per heavy atom. The Morgan fingerprint density at radius 2 is 1.77 bits per heavy atom. The van der Waals surface area contributed by atoms with Crippen LogP contribution >= 0.6 is 0 Å². The molecule has 8 heteroatoms. The van der Waals surface area contributed by atoms with Gasteiger partial charge in [-0.3, -0.25) is 4.79 Å². The van der Waals surface area contributed by atoms with E-state index in [1.54, 1.807) is 31.3 Å². The number of ether oxygens (including phenoxy) is 1. The molecule has 0 spiro atoms. The first-order chi connectivity index (χ1) is 12.4. The van der Waals surface area contributed by atoms with Crippen molar-refractivity contribution in [2.45, 2.75) is 4.90 Å². The zero-order valence-electron chi connectivity index (χ0n) is 14.3. The van der Waals surface area contributed by atoms with Gasteiger partial charge in [-0.25, -0.2) is 12.8 Å². The largest absolute Gasteiger partial charge is 0.379 e. The lowest BCUT2D eigenvalue weighted by molar-refractivity contribution is 0.0729. The van der Waals surface area contributed by atoms with Gasteiger partial charge in [-0.2, -0.15) is 4.31 Å². The zero-order chi connectivity index (χ0) is 18.7. The Morgan fingerprint density at radius 1 is 1.12 bits per heavy atom. The van der Waals surface area contributed by atoms with Crippen molar-refractivity contribution in [1.82, 2.24) is 4.31 Å². The average molecular weight is 378 g/mol. The molecule has 3 rings (SSSR count). The molecule has 1 heterocycles. The number of morpholine rings is 1. The SMILES string of the molecule is CN(C(=O)c1ccc(F)c(S(=O)(=O)N2CCOCC2)c1)c1ccccc1. The number of carbonyl (C=O) groups is 1. The van der Waals surface area contributed by atoms with Crippen molar-refractivity contribution >= 4 is 21.6 Å². The summed E-state index contributed by atoms with van der Waals surface area (Å²) in [5.41, 5.74) is 0.754. The van der Waals surface area contributed by atoms with E-state index in [0.717, 1.165) is 12.1 Å². The van der Waals surface area contributed by atoms with Crippen LogP contribution in [-0.4, -0.2) is 52.0 Å². The van der Waals surface area contributed by atoms with E-state index in [0.29, 0.717) is 5.69 Å². The van der Waals surface area contributed by atoms with Gasteiger partial charge in [-0.15, -0.1) is 0 Å². The number of carbonyl (C=O) groups excluding carboxylic acids is 1. The summed E-state index contributed by atoms with van der Waals surface area (Å²) < 4.78 is 46.0. The Labute approximate surface area is 151 Å². The minimum absolute atomic E-state index is 0.101. The van der Waals surface area contributed by atoms with Gasteiger partial charge in [0.2, 0.25) is 10.0 Å². The van der Waals surface area contributed by atoms with Gasteiger partial charge in [0.25, 0.3) is 5.91 Å². The molecular formula is C18H19FN2O4S. The highest BCUT2D eigenvalue weighted by Gasteiger charge is 2.30. The number of hydrogen-bond donors (Lipinski definition) is 0. The third kappa shape index (κ3) is 3.62. The second-order valence-electron chi connectivity index (χ2n) is 5.86. The quantitative estimate of drug-likeness (QED) is 0.817. The van der Waals surface area contributed by atoms with Gasteiger partial charge in [0, 0.05) is 31.4 Å². The highest BCUT2D eigenvalue weighted by Crippen LogP contribution is 2.23. The number of nitrogens with zero attached hydrogens (tertiary/aromatic N) is 2. The summed E-state index contributed by atoms with van der Waals surface area (Å²) in [6.45, 7) is 0.833. The predicted octanol–water partition coefficient (Wildman–Crippen LogP) is 2.12. The molecular weight excluding hydrogens is 359 g/mol. The lowest BCUT2D eigenvalue weighted by Crippen LogP contribution is -2.41. The number of sulfonamides is 1. The lowest BCUT2D eigenvalue weighted by atomic mass is 10.2. The Hall–Kier alpha value is -2.29. The van der Waals surface area contributed by atoms with Gasteiger partial charge in [-0.05, 0) is 30.3 Å². The molecule has 2 aromatic rings. The van der Waals surface area contributed by atoms with Gasteiger partial charge in [0.15, 0.2) is 0 Å². The highest BCUT2D eigenvalue weighted by molar-refractivity contribution is 7.89. The summed E-state index contributed by atoms with van der Waals surface area (Å²) in [5, 5.41) is 0. The van der Waals surface area contributed by atoms with Crippen LogP contribution in [0.1, 0.15) is 10.4 Å². The van der Waals surface area contributed by atoms with Crippen LogP contribution in [0.3, 0.4) is 0 Å². The average Bonchev–Trinajstić information content (AvgIpc) is 2.68. The molecule has 0 aliphatic carbocycles. The molecule has 0 atom stereocenters. The molecule has 0 N–H and O–H groups in total. The van der Waals surface area contributed by atoms with Gasteiger partial charge in [-0.1, -0.05) is 18.2 Å². The van der Waals surface area contributed by atoms with Crippen LogP contribution in [0.15, 0.2) is 53.4 Å². The van der Waals surface area contributed by atoms with Gasteiger partial charge in [0.1, 0.15) is 10.7 Å². The summed E-state index contributed by atoms with van der Waals surface area (Å²) in [4.78, 5) is 13.6. The Bertz CT molecular complexity index is 897. The fraction of sp³-hybridized carbons (Fsp3) is 0.278. The van der Waals surface area contributed by atoms with Crippen molar-refractivity contribution in [3.63, 3.8) is 0 Å². The number of anilines is 1. The van der Waals surface area contributed by atoms with Crippen molar-refractivity contribution in [3.8, 4) is 0 Å². The summed E-state index contributed by atoms with van der Waals surface area (Å²) >= 11 is 0. The molecule has 2 aromatic carbocycles. The third-order valence-corrected chi connectivity index (χ3v) is 6.13. The van der Waals surface area contributed by atoms with E-state index in [2.05, 4.69) is 0 Å². The van der Waals surface area contributed by atoms with Gasteiger partial charge < -0.3 is 9.64 Å². The lowest BCUT2D eigenvalue weighted by Gasteiger charge is -2.26. The highest BCUT2D eigenvalue weighted by atomic mass is 32.2. The first kappa shape index (κ1) is 18.5. The van der Waals surface area contributed by atoms with Gasteiger partial charge in [0.05, 0.1) is 13.2 Å². The van der Waals surface area contributed by atoms with E-state index in [1.165, 1.54) is 15.3 Å². The molecule has 1 amide bonds. The monoisotopic (exact) mass is 378 g/mol. The molecule has 0 aromatic heterocycles. The van der Waals surface area contributed by atoms with E-state index >= 15 is 0 Å². The maximum atomic E-state index is 14.2. The number of benzene rings is 2. The second kappa shape index (κ2) is 7.53. The molecule has 6 nitrogen and oxygen atoms in total. The van der Waals surface area contributed by atoms with E-state index in [4.69, 9.17) is 4.74 Å². The first-order valence-electron chi connectivity index (χ1n) is 8.12. The van der Waals surface area contributed by atoms with E-state index in [-0.39, 0.29) is 31.9 Å². The number of para-hydroxylation sites is 1. The zero-order valence-corrected chi connectivity index (χ0v) is 15.1. The number of halogens is 1. The fourth-order valence-electron chi connectivity index (χ4n) is 2.72. The third-order valence-electron chi connectivity index (χ3n) is 4.21. The van der Waals surface area contributed by atoms with Crippen LogP contribution in [0, 0.1) is 5.82 Å². The number of amides is 1. The molecule has 26 heavy (non-hydrogen) atoms. The number of rotatable bonds is 4. The maximum absolute atomic E-state index is 14.2. The summed E-state index contributed by atoms with van der Waals surface area (Å²) in [6.07, 6.45) is 0. The predicted molar refractivity (Wildman–Crippen MR) is 95.2 cm³/mol. The summed E-state index contributed by atoms with van der Waals surface area (Å²) in [6, 6.07) is 12.3. The van der Waals surface area contributed by atoms with Crippen LogP contribution in [-0.2, 0) is 14.8 Å². The van der Waals surface area contributed by atoms with Crippen molar-refractivity contribution in [1.29, 1.82) is 0 Å². The molecule has 1 fully saturated rings.